The third-order valence-electron chi connectivity index (χ3n) is 5.52. The minimum absolute atomic E-state index is 0. The number of benzene rings is 1. The van der Waals surface area contributed by atoms with Gasteiger partial charge in [-0.05, 0) is 22.8 Å². The zero-order chi connectivity index (χ0) is 25.8. The zero-order valence-corrected chi connectivity index (χ0v) is 23.1. The van der Waals surface area contributed by atoms with E-state index in [1.54, 1.807) is 30.3 Å². The number of nitrogens with two attached hydrogens (primary N) is 1. The van der Waals surface area contributed by atoms with Crippen molar-refractivity contribution in [1.29, 1.82) is 0 Å². The average Bonchev–Trinajstić information content (AvgIpc) is 3.38. The fourth-order valence-corrected chi connectivity index (χ4v) is 6.40. The molecule has 3 heterocycles. The minimum atomic E-state index is -1.56. The predicted octanol–water partition coefficient (Wildman–Crippen LogP) is -5.14. The van der Waals surface area contributed by atoms with Gasteiger partial charge < -0.3 is 31.4 Å². The van der Waals surface area contributed by atoms with Crippen LogP contribution in [0, 0.1) is 0 Å². The Morgan fingerprint density at radius 1 is 1.32 bits per heavy atom. The summed E-state index contributed by atoms with van der Waals surface area (Å²) >= 11 is 2.36. The molecule has 2 aliphatic heterocycles. The van der Waals surface area contributed by atoms with Crippen LogP contribution in [0.15, 0.2) is 46.8 Å². The van der Waals surface area contributed by atoms with Gasteiger partial charge in [0.1, 0.15) is 11.4 Å². The maximum Gasteiger partial charge on any atom is 1.00 e. The number of aliphatic hydroxyl groups excluding tert-OH is 1. The van der Waals surface area contributed by atoms with Crippen molar-refractivity contribution in [3.05, 3.63) is 47.2 Å². The maximum atomic E-state index is 13.0. The third kappa shape index (κ3) is 6.45. The second kappa shape index (κ2) is 12.7. The van der Waals surface area contributed by atoms with Crippen LogP contribution in [-0.2, 0) is 14.4 Å². The molecule has 2 unspecified atom stereocenters. The van der Waals surface area contributed by atoms with Gasteiger partial charge in [-0.25, -0.2) is 4.79 Å². The van der Waals surface area contributed by atoms with Crippen molar-refractivity contribution in [3.8, 4) is 0 Å². The SMILES string of the molecule is NC(=O)NCCC(Sc1nn[nH]n1)C1=C(C(=O)[O-])N2C(=O)C(NC(=O)[C@H](O)c3ccccc3)[C@H]2SC1.[Na+]. The Morgan fingerprint density at radius 2 is 2.05 bits per heavy atom. The van der Waals surface area contributed by atoms with E-state index in [0.29, 0.717) is 11.1 Å². The van der Waals surface area contributed by atoms with Crippen molar-refractivity contribution >= 4 is 47.3 Å². The van der Waals surface area contributed by atoms with E-state index >= 15 is 0 Å². The number of amides is 4. The number of carbonyl (C=O) groups excluding carboxylic acids is 4. The number of H-pyrrole nitrogens is 1. The number of aromatic nitrogens is 4. The molecule has 0 bridgehead atoms. The maximum absolute atomic E-state index is 13.0. The van der Waals surface area contributed by atoms with E-state index < -0.39 is 46.6 Å². The van der Waals surface area contributed by atoms with E-state index in [1.165, 1.54) is 11.8 Å². The number of aliphatic carboxylic acids is 1. The summed E-state index contributed by atoms with van der Waals surface area (Å²) in [5.74, 6) is -2.78. The Morgan fingerprint density at radius 3 is 2.68 bits per heavy atom. The van der Waals surface area contributed by atoms with Crippen molar-refractivity contribution in [1.82, 2.24) is 36.2 Å². The second-order valence-electron chi connectivity index (χ2n) is 7.75. The number of tetrazole rings is 1. The van der Waals surface area contributed by atoms with Gasteiger partial charge in [0, 0.05) is 17.5 Å². The van der Waals surface area contributed by atoms with Gasteiger partial charge in [-0.2, -0.15) is 5.21 Å². The van der Waals surface area contributed by atoms with Gasteiger partial charge in [-0.1, -0.05) is 42.1 Å². The largest absolute Gasteiger partial charge is 1.00 e. The number of hydrogen-bond donors (Lipinski definition) is 5. The fourth-order valence-electron chi connectivity index (χ4n) is 3.86. The van der Waals surface area contributed by atoms with Crippen LogP contribution < -0.4 is 51.0 Å². The van der Waals surface area contributed by atoms with Crippen LogP contribution >= 0.6 is 23.5 Å². The number of urea groups is 1. The number of nitrogens with zero attached hydrogens (tertiary/aromatic N) is 4. The first-order valence-corrected chi connectivity index (χ1v) is 12.6. The summed E-state index contributed by atoms with van der Waals surface area (Å²) in [6.07, 6.45) is -1.23. The Bertz CT molecular complexity index is 1180. The van der Waals surface area contributed by atoms with Crippen LogP contribution in [0.5, 0.6) is 0 Å². The number of carbonyl (C=O) groups is 4. The van der Waals surface area contributed by atoms with Gasteiger partial charge >= 0.3 is 35.6 Å². The molecule has 2 aliphatic rings. The molecule has 0 aliphatic carbocycles. The fraction of sp³-hybridized carbons (Fsp3) is 0.350. The van der Waals surface area contributed by atoms with Crippen molar-refractivity contribution in [2.24, 2.45) is 5.73 Å². The normalized spacial score (nSPS) is 20.1. The number of hydrogen-bond acceptors (Lipinski definition) is 11. The van der Waals surface area contributed by atoms with Crippen molar-refractivity contribution in [2.45, 2.75) is 34.3 Å². The number of carboxylic acid groups (broad SMARTS) is 1. The molecule has 1 saturated heterocycles. The molecule has 4 atom stereocenters. The van der Waals surface area contributed by atoms with E-state index in [2.05, 4.69) is 31.3 Å². The van der Waals surface area contributed by atoms with E-state index in [0.717, 1.165) is 16.7 Å². The Hall–Kier alpha value is -2.63. The van der Waals surface area contributed by atoms with E-state index in [4.69, 9.17) is 5.73 Å². The molecule has 190 valence electrons. The Balaban J connectivity index is 0.00000380. The van der Waals surface area contributed by atoms with E-state index in [9.17, 15) is 29.4 Å². The van der Waals surface area contributed by atoms with Gasteiger partial charge in [0.05, 0.1) is 11.7 Å². The molecule has 1 aromatic heterocycles. The molecular formula is C20H21N8NaO6S2. The number of rotatable bonds is 10. The van der Waals surface area contributed by atoms with Gasteiger partial charge in [0.15, 0.2) is 6.10 Å². The molecule has 1 fully saturated rings. The van der Waals surface area contributed by atoms with E-state index in [-0.39, 0.29) is 59.1 Å². The molecule has 0 radical (unpaired) electrons. The van der Waals surface area contributed by atoms with Crippen LogP contribution in [0.4, 0.5) is 4.79 Å². The van der Waals surface area contributed by atoms with Gasteiger partial charge in [0.25, 0.3) is 11.8 Å². The first-order chi connectivity index (χ1) is 17.3. The van der Waals surface area contributed by atoms with Gasteiger partial charge in [-0.15, -0.1) is 22.0 Å². The summed E-state index contributed by atoms with van der Waals surface area (Å²) in [4.78, 5) is 49.8. The quantitative estimate of drug-likeness (QED) is 0.106. The number of fused-ring (bicyclic) bond motifs is 1. The number of aromatic amines is 1. The van der Waals surface area contributed by atoms with Crippen LogP contribution in [0.2, 0.25) is 0 Å². The topological polar surface area (TPSA) is 219 Å². The summed E-state index contributed by atoms with van der Waals surface area (Å²) in [6.45, 7) is 0.132. The van der Waals surface area contributed by atoms with Gasteiger partial charge in [-0.3, -0.25) is 14.5 Å². The summed E-state index contributed by atoms with van der Waals surface area (Å²) in [5, 5.41) is 40.0. The van der Waals surface area contributed by atoms with Crippen LogP contribution in [0.1, 0.15) is 18.1 Å². The number of β-lactam (4-membered cyclic amide) rings is 1. The first-order valence-electron chi connectivity index (χ1n) is 10.6. The molecule has 14 nitrogen and oxygen atoms in total. The smallest absolute Gasteiger partial charge is 0.543 e. The molecule has 2 aromatic rings. The van der Waals surface area contributed by atoms with Crippen molar-refractivity contribution in [2.75, 3.05) is 12.3 Å². The molecule has 0 spiro atoms. The molecule has 17 heteroatoms. The zero-order valence-electron chi connectivity index (χ0n) is 19.5. The standard InChI is InChI=1S/C20H22N8O6S2.Na/c21-19(34)22-7-6-11(36-20-24-26-27-25-20)10-8-35-17-12(16(31)28(17)13(10)18(32)33)23-15(30)14(29)9-4-2-1-3-5-9;/h1-5,11-12,14,17,29H,6-8H2,(H,23,30)(H,32,33)(H3,21,22,34)(H,24,25,26,27);/q;+1/p-1/t11?,12?,14-,17-;/m1./s1. The molecular weight excluding hydrogens is 535 g/mol. The molecule has 4 rings (SSSR count). The molecule has 6 N–H and O–H groups in total. The predicted molar refractivity (Wildman–Crippen MR) is 124 cm³/mol. The molecule has 37 heavy (non-hydrogen) atoms. The first kappa shape index (κ1) is 28.9. The summed E-state index contributed by atoms with van der Waals surface area (Å²) < 4.78 is 0. The van der Waals surface area contributed by atoms with Crippen LogP contribution in [0.25, 0.3) is 0 Å². The third-order valence-corrected chi connectivity index (χ3v) is 8.01. The summed E-state index contributed by atoms with van der Waals surface area (Å²) in [6, 6.07) is 6.47. The number of nitrogens with one attached hydrogen (secondary N) is 3. The van der Waals surface area contributed by atoms with Crippen LogP contribution in [-0.4, -0.2) is 83.4 Å². The Kier molecular flexibility index (Phi) is 9.97. The number of aliphatic hydroxyl groups is 1. The molecule has 0 saturated carbocycles. The number of carboxylic acids is 1. The van der Waals surface area contributed by atoms with Crippen LogP contribution in [0.3, 0.4) is 0 Å². The second-order valence-corrected chi connectivity index (χ2v) is 10.0. The summed E-state index contributed by atoms with van der Waals surface area (Å²) in [7, 11) is 0. The van der Waals surface area contributed by atoms with Gasteiger partial charge in [0.2, 0.25) is 5.16 Å². The molecule has 4 amide bonds. The number of primary amides is 1. The average molecular weight is 557 g/mol. The monoisotopic (exact) mass is 556 g/mol. The Labute approximate surface area is 240 Å². The van der Waals surface area contributed by atoms with Crippen molar-refractivity contribution in [3.63, 3.8) is 0 Å². The number of thioether (sulfide) groups is 2. The van der Waals surface area contributed by atoms with E-state index in [1.807, 2.05) is 0 Å². The van der Waals surface area contributed by atoms with Crippen molar-refractivity contribution < 1.29 is 58.9 Å². The minimum Gasteiger partial charge on any atom is -0.543 e. The summed E-state index contributed by atoms with van der Waals surface area (Å²) in [5.41, 5.74) is 5.55. The molecule has 1 aromatic carbocycles.